The van der Waals surface area contributed by atoms with Gasteiger partial charge in [-0.05, 0) is 38.0 Å². The van der Waals surface area contributed by atoms with E-state index in [4.69, 9.17) is 9.84 Å². The third-order valence-electron chi connectivity index (χ3n) is 3.51. The Hall–Kier alpha value is -0.830. The summed E-state index contributed by atoms with van der Waals surface area (Å²) < 4.78 is 5.46. The van der Waals surface area contributed by atoms with Crippen molar-refractivity contribution in [3.05, 3.63) is 12.2 Å². The van der Waals surface area contributed by atoms with Crippen LogP contribution in [0, 0.1) is 5.92 Å². The molecule has 0 amide bonds. The summed E-state index contributed by atoms with van der Waals surface area (Å²) in [6, 6.07) is 0. The lowest BCUT2D eigenvalue weighted by molar-refractivity contribution is -0.132. The molecule has 2 fully saturated rings. The number of rotatable bonds is 5. The quantitative estimate of drug-likeness (QED) is 0.560. The molecule has 1 aliphatic heterocycles. The Balaban J connectivity index is 1.61. The highest BCUT2D eigenvalue weighted by atomic mass is 16.6. The lowest BCUT2D eigenvalue weighted by Crippen LogP contribution is -2.13. The lowest BCUT2D eigenvalue weighted by Gasteiger charge is -2.18. The van der Waals surface area contributed by atoms with Gasteiger partial charge in [0.25, 0.3) is 0 Å². The molecule has 84 valence electrons. The molecule has 0 aromatic rings. The number of aliphatic carboxylic acids is 1. The van der Waals surface area contributed by atoms with Crippen molar-refractivity contribution in [3.8, 4) is 0 Å². The second-order valence-electron chi connectivity index (χ2n) is 4.69. The first kappa shape index (κ1) is 10.7. The van der Waals surface area contributed by atoms with Crippen molar-refractivity contribution in [2.75, 3.05) is 0 Å². The normalized spacial score (nSPS) is 33.2. The van der Waals surface area contributed by atoms with Gasteiger partial charge in [-0.3, -0.25) is 0 Å². The van der Waals surface area contributed by atoms with Crippen LogP contribution in [0.5, 0.6) is 0 Å². The Morgan fingerprint density at radius 3 is 2.87 bits per heavy atom. The zero-order valence-electron chi connectivity index (χ0n) is 8.95. The average molecular weight is 210 g/mol. The van der Waals surface area contributed by atoms with Crippen molar-refractivity contribution in [2.24, 2.45) is 5.92 Å². The Kier molecular flexibility index (Phi) is 3.10. The van der Waals surface area contributed by atoms with Crippen LogP contribution < -0.4 is 0 Å². The van der Waals surface area contributed by atoms with Crippen LogP contribution in [0.15, 0.2) is 12.2 Å². The second kappa shape index (κ2) is 4.35. The van der Waals surface area contributed by atoms with E-state index in [0.717, 1.165) is 18.8 Å². The molecule has 0 aromatic carbocycles. The van der Waals surface area contributed by atoms with Gasteiger partial charge in [-0.2, -0.15) is 0 Å². The summed E-state index contributed by atoms with van der Waals surface area (Å²) in [5.41, 5.74) is 0.339. The number of fused-ring (bicyclic) bond motifs is 1. The number of hydrogen-bond donors (Lipinski definition) is 1. The second-order valence-corrected chi connectivity index (χ2v) is 4.69. The number of epoxide rings is 1. The van der Waals surface area contributed by atoms with Crippen molar-refractivity contribution in [1.29, 1.82) is 0 Å². The molecule has 3 atom stereocenters. The minimum absolute atomic E-state index is 0.339. The van der Waals surface area contributed by atoms with Gasteiger partial charge in [0.1, 0.15) is 0 Å². The van der Waals surface area contributed by atoms with Crippen molar-refractivity contribution >= 4 is 5.97 Å². The van der Waals surface area contributed by atoms with Gasteiger partial charge in [0.2, 0.25) is 0 Å². The van der Waals surface area contributed by atoms with Gasteiger partial charge in [0.05, 0.1) is 12.2 Å². The van der Waals surface area contributed by atoms with Gasteiger partial charge in [0, 0.05) is 5.57 Å². The Bertz CT molecular complexity index is 272. The molecule has 0 radical (unpaired) electrons. The van der Waals surface area contributed by atoms with Crippen LogP contribution in [0.3, 0.4) is 0 Å². The number of hydrogen-bond acceptors (Lipinski definition) is 2. The maximum atomic E-state index is 10.5. The molecule has 0 spiro atoms. The molecule has 1 aliphatic carbocycles. The molecule has 2 aliphatic rings. The minimum Gasteiger partial charge on any atom is -0.478 e. The highest BCUT2D eigenvalue weighted by Gasteiger charge is 2.43. The molecule has 15 heavy (non-hydrogen) atoms. The van der Waals surface area contributed by atoms with E-state index in [2.05, 4.69) is 6.58 Å². The van der Waals surface area contributed by atoms with Crippen LogP contribution in [-0.2, 0) is 9.53 Å². The Labute approximate surface area is 90.1 Å². The summed E-state index contributed by atoms with van der Waals surface area (Å²) >= 11 is 0. The van der Waals surface area contributed by atoms with Gasteiger partial charge >= 0.3 is 5.97 Å². The number of ether oxygens (including phenoxy) is 1. The lowest BCUT2D eigenvalue weighted by atomic mass is 9.85. The molecular formula is C12H18O3. The maximum absolute atomic E-state index is 10.5. The third-order valence-corrected chi connectivity index (χ3v) is 3.51. The number of carboxylic acid groups (broad SMARTS) is 1. The van der Waals surface area contributed by atoms with Crippen LogP contribution in [0.1, 0.15) is 38.5 Å². The molecule has 1 saturated heterocycles. The van der Waals surface area contributed by atoms with Crippen LogP contribution in [0.2, 0.25) is 0 Å². The molecule has 1 N–H and O–H groups in total. The minimum atomic E-state index is -0.857. The molecule has 3 nitrogen and oxygen atoms in total. The SMILES string of the molecule is C=C(CCCC1CCC2OC2C1)C(=O)O. The number of carboxylic acids is 1. The Morgan fingerprint density at radius 2 is 2.20 bits per heavy atom. The third kappa shape index (κ3) is 2.81. The average Bonchev–Trinajstić information content (AvgIpc) is 2.95. The smallest absolute Gasteiger partial charge is 0.330 e. The fourth-order valence-electron chi connectivity index (χ4n) is 2.46. The summed E-state index contributed by atoms with van der Waals surface area (Å²) in [6.45, 7) is 3.54. The van der Waals surface area contributed by atoms with Crippen molar-refractivity contribution in [3.63, 3.8) is 0 Å². The van der Waals surface area contributed by atoms with Crippen LogP contribution in [0.25, 0.3) is 0 Å². The molecule has 3 unspecified atom stereocenters. The largest absolute Gasteiger partial charge is 0.478 e. The first-order valence-corrected chi connectivity index (χ1v) is 5.73. The van der Waals surface area contributed by atoms with Crippen molar-refractivity contribution in [2.45, 2.75) is 50.7 Å². The van der Waals surface area contributed by atoms with E-state index in [0.29, 0.717) is 24.2 Å². The van der Waals surface area contributed by atoms with E-state index in [-0.39, 0.29) is 0 Å². The zero-order valence-corrected chi connectivity index (χ0v) is 8.95. The van der Waals surface area contributed by atoms with Gasteiger partial charge in [-0.15, -0.1) is 0 Å². The van der Waals surface area contributed by atoms with E-state index in [1.54, 1.807) is 0 Å². The van der Waals surface area contributed by atoms with Gasteiger partial charge in [-0.1, -0.05) is 13.0 Å². The van der Waals surface area contributed by atoms with E-state index in [1.165, 1.54) is 19.3 Å². The predicted molar refractivity (Wildman–Crippen MR) is 56.6 cm³/mol. The van der Waals surface area contributed by atoms with Gasteiger partial charge in [-0.25, -0.2) is 4.79 Å². The van der Waals surface area contributed by atoms with Crippen molar-refractivity contribution < 1.29 is 14.6 Å². The molecule has 0 bridgehead atoms. The van der Waals surface area contributed by atoms with Crippen LogP contribution in [-0.4, -0.2) is 23.3 Å². The summed E-state index contributed by atoms with van der Waals surface area (Å²) in [5.74, 6) is -0.112. The molecule has 2 rings (SSSR count). The highest BCUT2D eigenvalue weighted by Crippen LogP contribution is 2.41. The monoisotopic (exact) mass is 210 g/mol. The first-order chi connectivity index (χ1) is 7.16. The summed E-state index contributed by atoms with van der Waals surface area (Å²) in [5, 5.41) is 8.65. The number of carbonyl (C=O) groups is 1. The van der Waals surface area contributed by atoms with E-state index >= 15 is 0 Å². The molecule has 0 aromatic heterocycles. The zero-order chi connectivity index (χ0) is 10.8. The van der Waals surface area contributed by atoms with E-state index in [1.807, 2.05) is 0 Å². The van der Waals surface area contributed by atoms with Gasteiger partial charge < -0.3 is 9.84 Å². The molecule has 1 saturated carbocycles. The Morgan fingerprint density at radius 1 is 1.40 bits per heavy atom. The fourth-order valence-corrected chi connectivity index (χ4v) is 2.46. The summed E-state index contributed by atoms with van der Waals surface area (Å²) in [7, 11) is 0. The molecule has 1 heterocycles. The van der Waals surface area contributed by atoms with Crippen molar-refractivity contribution in [1.82, 2.24) is 0 Å². The molecule has 3 heteroatoms. The standard InChI is InChI=1S/C12H18O3/c1-8(12(13)14)3-2-4-9-5-6-10-11(7-9)15-10/h9-11H,1-7H2,(H,13,14). The van der Waals surface area contributed by atoms with Crippen LogP contribution in [0.4, 0.5) is 0 Å². The summed E-state index contributed by atoms with van der Waals surface area (Å²) in [4.78, 5) is 10.5. The first-order valence-electron chi connectivity index (χ1n) is 5.73. The predicted octanol–water partition coefficient (Wildman–Crippen LogP) is 2.36. The van der Waals surface area contributed by atoms with E-state index in [9.17, 15) is 4.79 Å². The fraction of sp³-hybridized carbons (Fsp3) is 0.750. The maximum Gasteiger partial charge on any atom is 0.330 e. The summed E-state index contributed by atoms with van der Waals surface area (Å²) in [6.07, 6.45) is 7.44. The van der Waals surface area contributed by atoms with Crippen LogP contribution >= 0.6 is 0 Å². The highest BCUT2D eigenvalue weighted by molar-refractivity contribution is 5.85. The topological polar surface area (TPSA) is 49.8 Å². The van der Waals surface area contributed by atoms with E-state index < -0.39 is 5.97 Å². The molecular weight excluding hydrogens is 192 g/mol. The van der Waals surface area contributed by atoms with Gasteiger partial charge in [0.15, 0.2) is 0 Å².